The molecule has 1 heterocycles. The van der Waals surface area contributed by atoms with Crippen molar-refractivity contribution >= 4 is 5.91 Å². The topological polar surface area (TPSA) is 41.6 Å². The zero-order valence-corrected chi connectivity index (χ0v) is 10.9. The molecule has 1 aromatic rings. The number of hydrogen-bond acceptors (Lipinski definition) is 3. The molecule has 1 N–H and O–H groups in total. The standard InChI is InChI=1S/C13H15F3N2O2/c1-20-7-6-18-11(19)8-17-12(18)9-4-2-3-5-10(9)13(14,15)16/h2-5,12,17H,6-8H2,1H3. The van der Waals surface area contributed by atoms with E-state index in [0.717, 1.165) is 6.07 Å². The normalized spacial score (nSPS) is 19.7. The lowest BCUT2D eigenvalue weighted by Gasteiger charge is -2.26. The fourth-order valence-corrected chi connectivity index (χ4v) is 2.25. The lowest BCUT2D eigenvalue weighted by molar-refractivity contribution is -0.139. The quantitative estimate of drug-likeness (QED) is 0.918. The molecular formula is C13H15F3N2O2. The smallest absolute Gasteiger partial charge is 0.383 e. The molecule has 0 bridgehead atoms. The highest BCUT2D eigenvalue weighted by Gasteiger charge is 2.39. The predicted molar refractivity (Wildman–Crippen MR) is 65.8 cm³/mol. The lowest BCUT2D eigenvalue weighted by Crippen LogP contribution is -2.34. The SMILES string of the molecule is COCCN1C(=O)CNC1c1ccccc1C(F)(F)F. The molecule has 2 rings (SSSR count). The van der Waals surface area contributed by atoms with E-state index in [1.165, 1.54) is 30.2 Å². The molecule has 0 saturated carbocycles. The van der Waals surface area contributed by atoms with Gasteiger partial charge in [-0.25, -0.2) is 0 Å². The Morgan fingerprint density at radius 2 is 2.10 bits per heavy atom. The molecule has 1 aromatic carbocycles. The van der Waals surface area contributed by atoms with Crippen molar-refractivity contribution < 1.29 is 22.7 Å². The summed E-state index contributed by atoms with van der Waals surface area (Å²) in [7, 11) is 1.48. The van der Waals surface area contributed by atoms with E-state index in [4.69, 9.17) is 4.74 Å². The van der Waals surface area contributed by atoms with Crippen molar-refractivity contribution in [1.29, 1.82) is 0 Å². The Morgan fingerprint density at radius 3 is 2.75 bits per heavy atom. The number of rotatable bonds is 4. The Bertz CT molecular complexity index is 491. The van der Waals surface area contributed by atoms with E-state index in [9.17, 15) is 18.0 Å². The second-order valence-electron chi connectivity index (χ2n) is 4.45. The maximum atomic E-state index is 13.0. The fraction of sp³-hybridized carbons (Fsp3) is 0.462. The van der Waals surface area contributed by atoms with Gasteiger partial charge < -0.3 is 9.64 Å². The first-order chi connectivity index (χ1) is 9.45. The molecule has 1 amide bonds. The average molecular weight is 288 g/mol. The zero-order valence-electron chi connectivity index (χ0n) is 10.9. The van der Waals surface area contributed by atoms with E-state index in [1.54, 1.807) is 0 Å². The van der Waals surface area contributed by atoms with Crippen LogP contribution in [0.3, 0.4) is 0 Å². The number of carbonyl (C=O) groups excluding carboxylic acids is 1. The number of amides is 1. The molecule has 20 heavy (non-hydrogen) atoms. The first-order valence-corrected chi connectivity index (χ1v) is 6.13. The Morgan fingerprint density at radius 1 is 1.40 bits per heavy atom. The predicted octanol–water partition coefficient (Wildman–Crippen LogP) is 1.78. The number of ether oxygens (including phenoxy) is 1. The van der Waals surface area contributed by atoms with Crippen molar-refractivity contribution in [3.63, 3.8) is 0 Å². The minimum atomic E-state index is -4.45. The summed E-state index contributed by atoms with van der Waals surface area (Å²) >= 11 is 0. The van der Waals surface area contributed by atoms with E-state index >= 15 is 0 Å². The van der Waals surface area contributed by atoms with Crippen LogP contribution in [-0.4, -0.2) is 37.6 Å². The highest BCUT2D eigenvalue weighted by molar-refractivity contribution is 5.81. The molecule has 7 heteroatoms. The van der Waals surface area contributed by atoms with Crippen molar-refractivity contribution in [2.24, 2.45) is 0 Å². The van der Waals surface area contributed by atoms with Gasteiger partial charge in [-0.3, -0.25) is 10.1 Å². The minimum Gasteiger partial charge on any atom is -0.383 e. The zero-order chi connectivity index (χ0) is 14.8. The third kappa shape index (κ3) is 2.94. The van der Waals surface area contributed by atoms with Gasteiger partial charge in [0, 0.05) is 19.2 Å². The maximum absolute atomic E-state index is 13.0. The van der Waals surface area contributed by atoms with Gasteiger partial charge in [0.25, 0.3) is 0 Å². The van der Waals surface area contributed by atoms with E-state index < -0.39 is 17.9 Å². The summed E-state index contributed by atoms with van der Waals surface area (Å²) in [5.74, 6) is -0.232. The van der Waals surface area contributed by atoms with Crippen LogP contribution in [0, 0.1) is 0 Å². The Balaban J connectivity index is 2.33. The molecule has 0 aliphatic carbocycles. The van der Waals surface area contributed by atoms with Crippen molar-refractivity contribution in [3.05, 3.63) is 35.4 Å². The number of nitrogens with one attached hydrogen (secondary N) is 1. The van der Waals surface area contributed by atoms with Crippen molar-refractivity contribution in [3.8, 4) is 0 Å². The van der Waals surface area contributed by atoms with Crippen molar-refractivity contribution in [1.82, 2.24) is 10.2 Å². The van der Waals surface area contributed by atoms with Crippen LogP contribution >= 0.6 is 0 Å². The minimum absolute atomic E-state index is 0.0283. The molecule has 1 unspecified atom stereocenters. The first-order valence-electron chi connectivity index (χ1n) is 6.13. The Hall–Kier alpha value is -1.60. The average Bonchev–Trinajstić information content (AvgIpc) is 2.76. The van der Waals surface area contributed by atoms with Gasteiger partial charge in [0.2, 0.25) is 5.91 Å². The van der Waals surface area contributed by atoms with Gasteiger partial charge in [0.05, 0.1) is 18.7 Å². The van der Waals surface area contributed by atoms with Crippen LogP contribution in [0.5, 0.6) is 0 Å². The third-order valence-electron chi connectivity index (χ3n) is 3.18. The fourth-order valence-electron chi connectivity index (χ4n) is 2.25. The molecule has 1 fully saturated rings. The Labute approximate surface area is 114 Å². The van der Waals surface area contributed by atoms with Gasteiger partial charge in [-0.2, -0.15) is 13.2 Å². The van der Waals surface area contributed by atoms with Gasteiger partial charge in [0.15, 0.2) is 0 Å². The molecule has 1 atom stereocenters. The van der Waals surface area contributed by atoms with Crippen LogP contribution in [0.1, 0.15) is 17.3 Å². The van der Waals surface area contributed by atoms with Crippen molar-refractivity contribution in [2.75, 3.05) is 26.8 Å². The summed E-state index contributed by atoms with van der Waals surface area (Å²) in [5.41, 5.74) is -0.670. The molecule has 1 saturated heterocycles. The number of halogens is 3. The second-order valence-corrected chi connectivity index (χ2v) is 4.45. The molecular weight excluding hydrogens is 273 g/mol. The Kier molecular flexibility index (Phi) is 4.29. The molecule has 0 aromatic heterocycles. The van der Waals surface area contributed by atoms with Crippen LogP contribution in [0.15, 0.2) is 24.3 Å². The number of benzene rings is 1. The van der Waals surface area contributed by atoms with E-state index in [0.29, 0.717) is 0 Å². The highest BCUT2D eigenvalue weighted by Crippen LogP contribution is 2.36. The number of alkyl halides is 3. The molecule has 0 spiro atoms. The summed E-state index contributed by atoms with van der Waals surface area (Å²) in [6, 6.07) is 5.28. The van der Waals surface area contributed by atoms with Gasteiger partial charge >= 0.3 is 6.18 Å². The van der Waals surface area contributed by atoms with E-state index in [2.05, 4.69) is 5.32 Å². The van der Waals surface area contributed by atoms with Crippen LogP contribution in [0.25, 0.3) is 0 Å². The van der Waals surface area contributed by atoms with Crippen LogP contribution in [-0.2, 0) is 15.7 Å². The summed E-state index contributed by atoms with van der Waals surface area (Å²) in [6.45, 7) is 0.553. The van der Waals surface area contributed by atoms with Gasteiger partial charge in [-0.15, -0.1) is 0 Å². The van der Waals surface area contributed by atoms with Crippen LogP contribution in [0.4, 0.5) is 13.2 Å². The van der Waals surface area contributed by atoms with Crippen molar-refractivity contribution in [2.45, 2.75) is 12.3 Å². The highest BCUT2D eigenvalue weighted by atomic mass is 19.4. The summed E-state index contributed by atoms with van der Waals surface area (Å²) in [6.07, 6.45) is -5.22. The molecule has 0 radical (unpaired) electrons. The van der Waals surface area contributed by atoms with E-state index in [-0.39, 0.29) is 31.2 Å². The largest absolute Gasteiger partial charge is 0.416 e. The van der Waals surface area contributed by atoms with Gasteiger partial charge in [0.1, 0.15) is 6.17 Å². The summed E-state index contributed by atoms with van der Waals surface area (Å²) < 4.78 is 44.0. The van der Waals surface area contributed by atoms with Crippen LogP contribution in [0.2, 0.25) is 0 Å². The van der Waals surface area contributed by atoms with E-state index in [1.807, 2.05) is 0 Å². The second kappa shape index (κ2) is 5.80. The molecule has 110 valence electrons. The number of methoxy groups -OCH3 is 1. The number of carbonyl (C=O) groups is 1. The number of hydrogen-bond donors (Lipinski definition) is 1. The summed E-state index contributed by atoms with van der Waals surface area (Å²) in [4.78, 5) is 13.1. The van der Waals surface area contributed by atoms with Gasteiger partial charge in [-0.05, 0) is 6.07 Å². The molecule has 1 aliphatic rings. The third-order valence-corrected chi connectivity index (χ3v) is 3.18. The summed E-state index contributed by atoms with van der Waals surface area (Å²) in [5, 5.41) is 2.81. The first kappa shape index (κ1) is 14.8. The molecule has 4 nitrogen and oxygen atoms in total. The molecule has 1 aliphatic heterocycles. The van der Waals surface area contributed by atoms with Gasteiger partial charge in [-0.1, -0.05) is 18.2 Å². The number of nitrogens with zero attached hydrogens (tertiary/aromatic N) is 1. The maximum Gasteiger partial charge on any atom is 0.416 e. The van der Waals surface area contributed by atoms with Crippen LogP contribution < -0.4 is 5.32 Å². The lowest BCUT2D eigenvalue weighted by atomic mass is 10.0. The monoisotopic (exact) mass is 288 g/mol.